The fourth-order valence-corrected chi connectivity index (χ4v) is 9.44. The molecule has 254 valence electrons. The zero-order chi connectivity index (χ0) is 35.7. The Labute approximate surface area is 310 Å². The highest BCUT2D eigenvalue weighted by Gasteiger charge is 2.38. The van der Waals surface area contributed by atoms with Gasteiger partial charge in [0.2, 0.25) is 17.8 Å². The Hall–Kier alpha value is -7.05. The van der Waals surface area contributed by atoms with Crippen LogP contribution in [0.15, 0.2) is 158 Å². The second-order valence-corrected chi connectivity index (χ2v) is 14.9. The Morgan fingerprint density at radius 1 is 0.352 bits per heavy atom. The van der Waals surface area contributed by atoms with Gasteiger partial charge in [-0.3, -0.25) is 13.7 Å². The number of aromatic nitrogens is 6. The third kappa shape index (κ3) is 3.76. The van der Waals surface area contributed by atoms with Crippen molar-refractivity contribution in [2.45, 2.75) is 19.3 Å². The molecule has 0 fully saturated rings. The Bertz CT molecular complexity index is 3140. The zero-order valence-electron chi connectivity index (χ0n) is 29.7. The van der Waals surface area contributed by atoms with E-state index in [0.29, 0.717) is 17.8 Å². The Balaban J connectivity index is 1.27. The molecule has 0 aliphatic heterocycles. The van der Waals surface area contributed by atoms with Crippen LogP contribution in [0.1, 0.15) is 25.0 Å². The summed E-state index contributed by atoms with van der Waals surface area (Å²) < 4.78 is 6.70. The largest absolute Gasteiger partial charge is 0.278 e. The summed E-state index contributed by atoms with van der Waals surface area (Å²) in [4.78, 5) is 16.4. The van der Waals surface area contributed by atoms with Gasteiger partial charge in [-0.25, -0.2) is 0 Å². The van der Waals surface area contributed by atoms with Gasteiger partial charge >= 0.3 is 0 Å². The van der Waals surface area contributed by atoms with E-state index >= 15 is 0 Å². The van der Waals surface area contributed by atoms with E-state index < -0.39 is 0 Å². The molecule has 12 rings (SSSR count). The van der Waals surface area contributed by atoms with E-state index in [2.05, 4.69) is 185 Å². The lowest BCUT2D eigenvalue weighted by Crippen LogP contribution is -2.18. The van der Waals surface area contributed by atoms with Crippen LogP contribution < -0.4 is 0 Å². The van der Waals surface area contributed by atoms with Crippen molar-refractivity contribution in [3.63, 3.8) is 0 Å². The van der Waals surface area contributed by atoms with E-state index in [1.165, 1.54) is 33.0 Å². The summed E-state index contributed by atoms with van der Waals surface area (Å²) in [5, 5.41) is 6.97. The molecule has 7 aromatic carbocycles. The molecule has 0 spiro atoms. The van der Waals surface area contributed by atoms with Crippen molar-refractivity contribution in [2.75, 3.05) is 0 Å². The minimum atomic E-state index is -0.254. The molecule has 0 amide bonds. The molecule has 11 aromatic rings. The SMILES string of the molecule is CC1(C)c2ccccc2-c2ccc3c4ccccc4n(-c4nc(-n5c6ccccc6c6ccccc65)nc(-n5c6ccccc6c6ccccc65)n4)c3c21. The summed E-state index contributed by atoms with van der Waals surface area (Å²) in [7, 11) is 0. The first-order valence-corrected chi connectivity index (χ1v) is 18.5. The molecule has 0 N–H and O–H groups in total. The molecule has 0 saturated heterocycles. The predicted molar refractivity (Wildman–Crippen MR) is 220 cm³/mol. The van der Waals surface area contributed by atoms with Gasteiger partial charge in [-0.1, -0.05) is 141 Å². The first kappa shape index (κ1) is 29.5. The molecule has 0 saturated carbocycles. The molecule has 54 heavy (non-hydrogen) atoms. The van der Waals surface area contributed by atoms with E-state index in [9.17, 15) is 0 Å². The Morgan fingerprint density at radius 2 is 0.722 bits per heavy atom. The van der Waals surface area contributed by atoms with Gasteiger partial charge in [0.05, 0.1) is 33.1 Å². The van der Waals surface area contributed by atoms with E-state index in [-0.39, 0.29) is 5.41 Å². The van der Waals surface area contributed by atoms with E-state index in [4.69, 9.17) is 15.0 Å². The lowest BCUT2D eigenvalue weighted by Gasteiger charge is -2.23. The van der Waals surface area contributed by atoms with Crippen LogP contribution in [-0.4, -0.2) is 28.7 Å². The van der Waals surface area contributed by atoms with Gasteiger partial charge in [0.1, 0.15) is 0 Å². The third-order valence-electron chi connectivity index (χ3n) is 11.7. The highest BCUT2D eigenvalue weighted by molar-refractivity contribution is 6.13. The molecule has 4 heterocycles. The highest BCUT2D eigenvalue weighted by atomic mass is 15.3. The van der Waals surface area contributed by atoms with Gasteiger partial charge in [-0.2, -0.15) is 15.0 Å². The highest BCUT2D eigenvalue weighted by Crippen LogP contribution is 2.52. The standard InChI is InChI=1S/C48H32N6/c1-48(2)37-21-9-3-15-29(37)35-27-28-36-34-20-8-14-26-42(34)54(44(36)43(35)48)47-50-45(52-38-22-10-4-16-30(38)31-17-5-11-23-39(31)52)49-46(51-47)53-40-24-12-6-18-32(40)33-19-7-13-25-41(33)53/h3-28H,1-2H3. The van der Waals surface area contributed by atoms with Gasteiger partial charge in [0, 0.05) is 37.7 Å². The van der Waals surface area contributed by atoms with Crippen LogP contribution >= 0.6 is 0 Å². The molecule has 6 heteroatoms. The molecule has 6 nitrogen and oxygen atoms in total. The van der Waals surface area contributed by atoms with Crippen LogP contribution in [0, 0.1) is 0 Å². The van der Waals surface area contributed by atoms with Crippen molar-refractivity contribution < 1.29 is 0 Å². The first-order valence-electron chi connectivity index (χ1n) is 18.5. The molecular formula is C48H32N6. The summed E-state index contributed by atoms with van der Waals surface area (Å²) in [6.45, 7) is 4.69. The predicted octanol–water partition coefficient (Wildman–Crippen LogP) is 11.5. The molecule has 0 bridgehead atoms. The quantitative estimate of drug-likeness (QED) is 0.185. The van der Waals surface area contributed by atoms with Crippen LogP contribution in [0.2, 0.25) is 0 Å². The zero-order valence-corrected chi connectivity index (χ0v) is 29.7. The van der Waals surface area contributed by atoms with Gasteiger partial charge in [-0.05, 0) is 52.6 Å². The number of fused-ring (bicyclic) bond motifs is 13. The first-order chi connectivity index (χ1) is 26.6. The number of para-hydroxylation sites is 5. The molecule has 1 aliphatic rings. The van der Waals surface area contributed by atoms with Crippen LogP contribution in [0.4, 0.5) is 0 Å². The normalized spacial score (nSPS) is 13.5. The lowest BCUT2D eigenvalue weighted by atomic mass is 9.81. The van der Waals surface area contributed by atoms with Gasteiger partial charge in [0.15, 0.2) is 0 Å². The second kappa shape index (κ2) is 10.5. The third-order valence-corrected chi connectivity index (χ3v) is 11.7. The fraction of sp³-hybridized carbons (Fsp3) is 0.0625. The van der Waals surface area contributed by atoms with Crippen molar-refractivity contribution in [1.82, 2.24) is 28.7 Å². The fourth-order valence-electron chi connectivity index (χ4n) is 9.44. The molecule has 4 aromatic heterocycles. The molecular weight excluding hydrogens is 661 g/mol. The lowest BCUT2D eigenvalue weighted by molar-refractivity contribution is 0.663. The minimum absolute atomic E-state index is 0.254. The van der Waals surface area contributed by atoms with Gasteiger partial charge < -0.3 is 0 Å². The monoisotopic (exact) mass is 692 g/mol. The number of benzene rings is 7. The van der Waals surface area contributed by atoms with Crippen molar-refractivity contribution in [3.05, 3.63) is 169 Å². The number of nitrogens with zero attached hydrogens (tertiary/aromatic N) is 6. The summed E-state index contributed by atoms with van der Waals surface area (Å²) in [5.74, 6) is 1.70. The van der Waals surface area contributed by atoms with E-state index in [1.807, 2.05) is 0 Å². The average Bonchev–Trinajstić information content (AvgIpc) is 3.91. The van der Waals surface area contributed by atoms with Crippen LogP contribution in [0.25, 0.3) is 94.4 Å². The number of rotatable bonds is 3. The summed E-state index contributed by atoms with van der Waals surface area (Å²) >= 11 is 0. The molecule has 1 aliphatic carbocycles. The molecule has 0 unspecified atom stereocenters. The summed E-state index contributed by atoms with van der Waals surface area (Å²) in [6, 6.07) is 56.2. The van der Waals surface area contributed by atoms with Crippen LogP contribution in [0.3, 0.4) is 0 Å². The van der Waals surface area contributed by atoms with Crippen LogP contribution in [-0.2, 0) is 5.41 Å². The Morgan fingerprint density at radius 3 is 1.20 bits per heavy atom. The second-order valence-electron chi connectivity index (χ2n) is 14.9. The van der Waals surface area contributed by atoms with E-state index in [1.54, 1.807) is 0 Å². The summed E-state index contributed by atoms with van der Waals surface area (Å²) in [6.07, 6.45) is 0. The van der Waals surface area contributed by atoms with Gasteiger partial charge in [0.25, 0.3) is 0 Å². The number of hydrogen-bond acceptors (Lipinski definition) is 3. The van der Waals surface area contributed by atoms with Crippen molar-refractivity contribution in [3.8, 4) is 29.0 Å². The minimum Gasteiger partial charge on any atom is -0.278 e. The number of hydrogen-bond donors (Lipinski definition) is 0. The topological polar surface area (TPSA) is 53.5 Å². The average molecular weight is 693 g/mol. The van der Waals surface area contributed by atoms with Crippen molar-refractivity contribution in [1.29, 1.82) is 0 Å². The van der Waals surface area contributed by atoms with E-state index in [0.717, 1.165) is 54.6 Å². The smallest absolute Gasteiger partial charge is 0.241 e. The van der Waals surface area contributed by atoms with Gasteiger partial charge in [-0.15, -0.1) is 0 Å². The maximum absolute atomic E-state index is 5.50. The summed E-state index contributed by atoms with van der Waals surface area (Å²) in [5.41, 5.74) is 11.3. The van der Waals surface area contributed by atoms with Crippen LogP contribution in [0.5, 0.6) is 0 Å². The maximum Gasteiger partial charge on any atom is 0.241 e. The van der Waals surface area contributed by atoms with Crippen molar-refractivity contribution >= 4 is 65.4 Å². The Kier molecular flexibility index (Phi) is 5.75. The van der Waals surface area contributed by atoms with Crippen molar-refractivity contribution in [2.24, 2.45) is 0 Å². The maximum atomic E-state index is 5.50. The molecule has 0 atom stereocenters. The molecule has 0 radical (unpaired) electrons.